The van der Waals surface area contributed by atoms with Crippen molar-refractivity contribution in [3.8, 4) is 0 Å². The van der Waals surface area contributed by atoms with E-state index >= 15 is 0 Å². The molecule has 4 rings (SSSR count). The smallest absolute Gasteiger partial charge is 0.294 e. The van der Waals surface area contributed by atoms with Gasteiger partial charge in [0.2, 0.25) is 0 Å². The van der Waals surface area contributed by atoms with Gasteiger partial charge in [-0.3, -0.25) is 9.69 Å². The summed E-state index contributed by atoms with van der Waals surface area (Å²) >= 11 is 9.32. The molecule has 2 aromatic rings. The van der Waals surface area contributed by atoms with Crippen LogP contribution in [0.5, 0.6) is 0 Å². The number of para-hydroxylation sites is 1. The molecule has 2 aliphatic heterocycles. The molecule has 0 bridgehead atoms. The van der Waals surface area contributed by atoms with Crippen molar-refractivity contribution in [2.45, 2.75) is 9.10 Å². The van der Waals surface area contributed by atoms with E-state index in [0.717, 1.165) is 38.7 Å². The largest absolute Gasteiger partial charge is 0.337 e. The fourth-order valence-electron chi connectivity index (χ4n) is 2.78. The zero-order valence-corrected chi connectivity index (χ0v) is 19.1. The lowest BCUT2D eigenvalue weighted by molar-refractivity contribution is -0.121. The fourth-order valence-corrected chi connectivity index (χ4v) is 7.77. The highest BCUT2D eigenvalue weighted by Crippen LogP contribution is 2.49. The summed E-state index contributed by atoms with van der Waals surface area (Å²) in [5, 5.41) is 0.851. The molecular formula is C18H14ClN3O3S4. The number of benzene rings is 1. The standard InChI is InChI=1S/C18H14ClN3O3S4/c1-3-10-22-16(23)15(17-21(2)11-6-4-5-7-12(11)26-17)28-18(22)20-29(24,25)14-9-8-13(19)27-14/h3-9H,1,10H2,2H3/b17-15+,20-18-. The summed E-state index contributed by atoms with van der Waals surface area (Å²) < 4.78 is 29.7. The first-order valence-electron chi connectivity index (χ1n) is 8.27. The topological polar surface area (TPSA) is 70.1 Å². The Hall–Kier alpha value is -1.72. The van der Waals surface area contributed by atoms with E-state index in [9.17, 15) is 13.2 Å². The number of amidine groups is 1. The molecule has 29 heavy (non-hydrogen) atoms. The van der Waals surface area contributed by atoms with Gasteiger partial charge in [0.25, 0.3) is 15.9 Å². The molecule has 0 saturated carbocycles. The molecule has 0 spiro atoms. The number of amides is 1. The number of carbonyl (C=O) groups is 1. The number of rotatable bonds is 4. The van der Waals surface area contributed by atoms with Crippen LogP contribution in [0.15, 0.2) is 72.5 Å². The van der Waals surface area contributed by atoms with Crippen LogP contribution in [0, 0.1) is 0 Å². The van der Waals surface area contributed by atoms with Crippen molar-refractivity contribution >= 4 is 73.2 Å². The first-order chi connectivity index (χ1) is 13.8. The predicted octanol–water partition coefficient (Wildman–Crippen LogP) is 4.62. The maximum absolute atomic E-state index is 13.1. The number of hydrogen-bond acceptors (Lipinski definition) is 7. The maximum atomic E-state index is 13.1. The molecule has 0 atom stereocenters. The normalized spacial score (nSPS) is 20.6. The highest BCUT2D eigenvalue weighted by Gasteiger charge is 2.39. The monoisotopic (exact) mass is 483 g/mol. The molecule has 0 unspecified atom stereocenters. The maximum Gasteiger partial charge on any atom is 0.294 e. The summed E-state index contributed by atoms with van der Waals surface area (Å²) in [5.41, 5.74) is 0.995. The van der Waals surface area contributed by atoms with E-state index in [2.05, 4.69) is 11.0 Å². The summed E-state index contributed by atoms with van der Waals surface area (Å²) in [5.74, 6) is -0.296. The Balaban J connectivity index is 1.76. The van der Waals surface area contributed by atoms with E-state index in [1.165, 1.54) is 34.9 Å². The van der Waals surface area contributed by atoms with Crippen LogP contribution < -0.4 is 4.90 Å². The van der Waals surface area contributed by atoms with E-state index in [4.69, 9.17) is 11.6 Å². The third-order valence-corrected chi connectivity index (χ3v) is 9.62. The van der Waals surface area contributed by atoms with Gasteiger partial charge in [-0.25, -0.2) is 0 Å². The third-order valence-electron chi connectivity index (χ3n) is 4.11. The molecular weight excluding hydrogens is 470 g/mol. The summed E-state index contributed by atoms with van der Waals surface area (Å²) in [4.78, 5) is 17.8. The number of thioether (sulfide) groups is 2. The molecule has 0 N–H and O–H groups in total. The Labute approximate surface area is 186 Å². The Bertz CT molecular complexity index is 1190. The van der Waals surface area contributed by atoms with Gasteiger partial charge in [0, 0.05) is 18.5 Å². The van der Waals surface area contributed by atoms with Crippen molar-refractivity contribution in [1.82, 2.24) is 4.90 Å². The Morgan fingerprint density at radius 2 is 1.97 bits per heavy atom. The zero-order chi connectivity index (χ0) is 20.8. The first-order valence-corrected chi connectivity index (χ1v) is 12.5. The van der Waals surface area contributed by atoms with Crippen LogP contribution in [0.4, 0.5) is 5.69 Å². The van der Waals surface area contributed by atoms with Crippen molar-refractivity contribution < 1.29 is 13.2 Å². The molecule has 1 saturated heterocycles. The lowest BCUT2D eigenvalue weighted by Crippen LogP contribution is -2.30. The van der Waals surface area contributed by atoms with E-state index in [0.29, 0.717) is 9.24 Å². The lowest BCUT2D eigenvalue weighted by atomic mass is 10.3. The molecule has 1 fully saturated rings. The lowest BCUT2D eigenvalue weighted by Gasteiger charge is -2.15. The van der Waals surface area contributed by atoms with Crippen molar-refractivity contribution in [1.29, 1.82) is 0 Å². The molecule has 3 heterocycles. The fraction of sp³-hybridized carbons (Fsp3) is 0.111. The van der Waals surface area contributed by atoms with Gasteiger partial charge in [-0.2, -0.15) is 8.42 Å². The number of sulfonamides is 1. The third kappa shape index (κ3) is 3.75. The van der Waals surface area contributed by atoms with Crippen LogP contribution in [0.1, 0.15) is 0 Å². The summed E-state index contributed by atoms with van der Waals surface area (Å²) in [6.07, 6.45) is 1.54. The van der Waals surface area contributed by atoms with Gasteiger partial charge in [-0.05, 0) is 36.0 Å². The molecule has 0 aliphatic carbocycles. The highest BCUT2D eigenvalue weighted by molar-refractivity contribution is 8.19. The summed E-state index contributed by atoms with van der Waals surface area (Å²) in [6.45, 7) is 3.82. The molecule has 1 aromatic heterocycles. The Morgan fingerprint density at radius 3 is 2.62 bits per heavy atom. The van der Waals surface area contributed by atoms with E-state index in [1.54, 1.807) is 0 Å². The number of fused-ring (bicyclic) bond motifs is 1. The average molecular weight is 484 g/mol. The second-order valence-corrected chi connectivity index (χ2v) is 11.5. The molecule has 6 nitrogen and oxygen atoms in total. The molecule has 150 valence electrons. The van der Waals surface area contributed by atoms with Crippen molar-refractivity contribution in [3.05, 3.63) is 63.3 Å². The molecule has 2 aliphatic rings. The Kier molecular flexibility index (Phi) is 5.56. The highest BCUT2D eigenvalue weighted by atomic mass is 35.5. The predicted molar refractivity (Wildman–Crippen MR) is 121 cm³/mol. The second-order valence-electron chi connectivity index (χ2n) is 5.98. The Morgan fingerprint density at radius 1 is 1.21 bits per heavy atom. The van der Waals surface area contributed by atoms with Gasteiger partial charge in [-0.1, -0.05) is 41.6 Å². The number of thiophene rings is 1. The number of nitrogens with zero attached hydrogens (tertiary/aromatic N) is 3. The first kappa shape index (κ1) is 20.5. The number of hydrogen-bond donors (Lipinski definition) is 0. The zero-order valence-electron chi connectivity index (χ0n) is 15.0. The minimum atomic E-state index is -3.98. The van der Waals surface area contributed by atoms with E-state index in [1.807, 2.05) is 36.2 Å². The van der Waals surface area contributed by atoms with Crippen molar-refractivity contribution in [3.63, 3.8) is 0 Å². The van der Waals surface area contributed by atoms with Gasteiger partial charge in [0.05, 0.1) is 15.1 Å². The van der Waals surface area contributed by atoms with Crippen LogP contribution >= 0.6 is 46.5 Å². The van der Waals surface area contributed by atoms with Gasteiger partial charge >= 0.3 is 0 Å². The van der Waals surface area contributed by atoms with Gasteiger partial charge < -0.3 is 4.90 Å². The van der Waals surface area contributed by atoms with Crippen molar-refractivity contribution in [2.75, 3.05) is 18.5 Å². The number of halogens is 1. The molecule has 11 heteroatoms. The number of anilines is 1. The van der Waals surface area contributed by atoms with Crippen LogP contribution in [0.2, 0.25) is 4.34 Å². The number of carbonyl (C=O) groups excluding carboxylic acids is 1. The van der Waals surface area contributed by atoms with Crippen LogP contribution in [0.25, 0.3) is 0 Å². The van der Waals surface area contributed by atoms with Crippen molar-refractivity contribution in [2.24, 2.45) is 4.40 Å². The SMILES string of the molecule is C=CCN1C(=O)/C(=C2\Sc3ccccc3N2C)S/C1=N\S(=O)(=O)c1ccc(Cl)s1. The van der Waals surface area contributed by atoms with Gasteiger partial charge in [0.15, 0.2) is 5.17 Å². The van der Waals surface area contributed by atoms with Crippen LogP contribution in [0.3, 0.4) is 0 Å². The van der Waals surface area contributed by atoms with Crippen LogP contribution in [-0.2, 0) is 14.8 Å². The molecule has 1 amide bonds. The van der Waals surface area contributed by atoms with Gasteiger partial charge in [0.1, 0.15) is 9.11 Å². The van der Waals surface area contributed by atoms with Crippen LogP contribution in [-0.4, -0.2) is 38.0 Å². The second kappa shape index (κ2) is 7.84. The van der Waals surface area contributed by atoms with E-state index < -0.39 is 10.0 Å². The minimum absolute atomic E-state index is 0.0301. The summed E-state index contributed by atoms with van der Waals surface area (Å²) in [6, 6.07) is 10.7. The quantitative estimate of drug-likeness (QED) is 0.467. The molecule has 1 aromatic carbocycles. The minimum Gasteiger partial charge on any atom is -0.337 e. The van der Waals surface area contributed by atoms with E-state index in [-0.39, 0.29) is 21.8 Å². The summed E-state index contributed by atoms with van der Waals surface area (Å²) in [7, 11) is -2.10. The molecule has 0 radical (unpaired) electrons. The average Bonchev–Trinajstić information content (AvgIpc) is 3.35. The van der Waals surface area contributed by atoms with Gasteiger partial charge in [-0.15, -0.1) is 22.3 Å².